The standard InChI is InChI=1S/C18H26O4/c1-8-10-11-13(9-2)17(3,4)18(5,6)15-14(12-20-7)21-16(19)22-15/h8-11H,2,12H2,1,3-7H3/b10-8-,13-11+. The van der Waals surface area contributed by atoms with E-state index in [0.717, 1.165) is 5.57 Å². The van der Waals surface area contributed by atoms with Gasteiger partial charge in [0, 0.05) is 17.9 Å². The molecular weight excluding hydrogens is 280 g/mol. The van der Waals surface area contributed by atoms with Crippen LogP contribution in [0.25, 0.3) is 0 Å². The molecule has 1 rings (SSSR count). The van der Waals surface area contributed by atoms with E-state index in [1.807, 2.05) is 45.1 Å². The van der Waals surface area contributed by atoms with Crippen LogP contribution in [0.5, 0.6) is 0 Å². The second-order valence-electron chi connectivity index (χ2n) is 6.24. The molecule has 0 amide bonds. The summed E-state index contributed by atoms with van der Waals surface area (Å²) in [5.41, 5.74) is 0.216. The van der Waals surface area contributed by atoms with E-state index in [9.17, 15) is 4.79 Å². The summed E-state index contributed by atoms with van der Waals surface area (Å²) in [5.74, 6) is 0.237. The Morgan fingerprint density at radius 2 is 1.91 bits per heavy atom. The van der Waals surface area contributed by atoms with Crippen LogP contribution < -0.4 is 5.82 Å². The van der Waals surface area contributed by atoms with Crippen LogP contribution >= 0.6 is 0 Å². The van der Waals surface area contributed by atoms with E-state index >= 15 is 0 Å². The first-order valence-corrected chi connectivity index (χ1v) is 7.30. The molecule has 1 aromatic heterocycles. The third kappa shape index (κ3) is 3.33. The number of allylic oxidation sites excluding steroid dienone is 5. The maximum Gasteiger partial charge on any atom is 0.519 e. The van der Waals surface area contributed by atoms with E-state index < -0.39 is 11.2 Å². The smallest absolute Gasteiger partial charge is 0.395 e. The number of ether oxygens (including phenoxy) is 1. The van der Waals surface area contributed by atoms with Crippen LogP contribution in [0.1, 0.15) is 46.1 Å². The van der Waals surface area contributed by atoms with E-state index in [0.29, 0.717) is 11.5 Å². The minimum atomic E-state index is -0.705. The Bertz CT molecular complexity index is 624. The third-order valence-electron chi connectivity index (χ3n) is 4.46. The molecule has 122 valence electrons. The largest absolute Gasteiger partial charge is 0.519 e. The molecule has 0 fully saturated rings. The van der Waals surface area contributed by atoms with Gasteiger partial charge in [0.2, 0.25) is 0 Å². The topological polar surface area (TPSA) is 52.6 Å². The van der Waals surface area contributed by atoms with E-state index in [2.05, 4.69) is 20.4 Å². The first-order chi connectivity index (χ1) is 10.2. The fourth-order valence-corrected chi connectivity index (χ4v) is 2.39. The molecule has 0 atom stereocenters. The average Bonchev–Trinajstić information content (AvgIpc) is 2.81. The van der Waals surface area contributed by atoms with Crippen LogP contribution in [0.3, 0.4) is 0 Å². The second kappa shape index (κ2) is 6.97. The van der Waals surface area contributed by atoms with Gasteiger partial charge in [0.15, 0.2) is 11.5 Å². The van der Waals surface area contributed by atoms with Crippen molar-refractivity contribution in [2.75, 3.05) is 7.11 Å². The second-order valence-corrected chi connectivity index (χ2v) is 6.24. The van der Waals surface area contributed by atoms with Gasteiger partial charge in [-0.2, -0.15) is 0 Å². The molecule has 0 saturated heterocycles. The molecule has 0 spiro atoms. The Balaban J connectivity index is 3.43. The fraction of sp³-hybridized carbons (Fsp3) is 0.500. The Morgan fingerprint density at radius 1 is 1.27 bits per heavy atom. The van der Waals surface area contributed by atoms with Gasteiger partial charge < -0.3 is 13.6 Å². The number of rotatable bonds is 7. The van der Waals surface area contributed by atoms with Gasteiger partial charge in [0.1, 0.15) is 6.61 Å². The van der Waals surface area contributed by atoms with Crippen molar-refractivity contribution in [2.24, 2.45) is 5.41 Å². The summed E-state index contributed by atoms with van der Waals surface area (Å²) in [6, 6.07) is 0. The summed E-state index contributed by atoms with van der Waals surface area (Å²) in [6.45, 7) is 14.3. The first-order valence-electron chi connectivity index (χ1n) is 7.30. The van der Waals surface area contributed by atoms with Crippen LogP contribution in [-0.4, -0.2) is 7.11 Å². The maximum absolute atomic E-state index is 11.5. The summed E-state index contributed by atoms with van der Waals surface area (Å²) < 4.78 is 15.6. The summed E-state index contributed by atoms with van der Waals surface area (Å²) in [6.07, 6.45) is 7.77. The minimum Gasteiger partial charge on any atom is -0.395 e. The number of methoxy groups -OCH3 is 1. The molecule has 0 aromatic carbocycles. The van der Waals surface area contributed by atoms with Gasteiger partial charge in [0.05, 0.1) is 0 Å². The summed E-state index contributed by atoms with van der Waals surface area (Å²) in [5, 5.41) is 0. The zero-order chi connectivity index (χ0) is 17.0. The van der Waals surface area contributed by atoms with E-state index in [1.54, 1.807) is 7.11 Å². The molecule has 0 bridgehead atoms. The van der Waals surface area contributed by atoms with Gasteiger partial charge >= 0.3 is 5.82 Å². The van der Waals surface area contributed by atoms with Crippen molar-refractivity contribution in [3.63, 3.8) is 0 Å². The van der Waals surface area contributed by atoms with Crippen molar-refractivity contribution in [1.29, 1.82) is 0 Å². The summed E-state index contributed by atoms with van der Waals surface area (Å²) >= 11 is 0. The van der Waals surface area contributed by atoms with Crippen molar-refractivity contribution in [3.05, 3.63) is 58.6 Å². The van der Waals surface area contributed by atoms with Gasteiger partial charge in [-0.1, -0.05) is 58.6 Å². The lowest BCUT2D eigenvalue weighted by atomic mass is 9.62. The molecule has 0 aliphatic rings. The lowest BCUT2D eigenvalue weighted by molar-refractivity contribution is 0.155. The van der Waals surface area contributed by atoms with Crippen molar-refractivity contribution in [3.8, 4) is 0 Å². The van der Waals surface area contributed by atoms with Crippen molar-refractivity contribution < 1.29 is 13.6 Å². The highest BCUT2D eigenvalue weighted by molar-refractivity contribution is 5.35. The Labute approximate surface area is 132 Å². The predicted molar refractivity (Wildman–Crippen MR) is 87.9 cm³/mol. The average molecular weight is 306 g/mol. The van der Waals surface area contributed by atoms with Crippen molar-refractivity contribution >= 4 is 0 Å². The molecule has 0 unspecified atom stereocenters. The minimum absolute atomic E-state index is 0.197. The van der Waals surface area contributed by atoms with Crippen molar-refractivity contribution in [2.45, 2.75) is 46.6 Å². The van der Waals surface area contributed by atoms with Gasteiger partial charge in [-0.05, 0) is 12.5 Å². The number of hydrogen-bond acceptors (Lipinski definition) is 4. The fourth-order valence-electron chi connectivity index (χ4n) is 2.39. The van der Waals surface area contributed by atoms with Crippen LogP contribution in [0.15, 0.2) is 50.1 Å². The van der Waals surface area contributed by atoms with Gasteiger partial charge in [-0.15, -0.1) is 0 Å². The highest BCUT2D eigenvalue weighted by Gasteiger charge is 2.45. The van der Waals surface area contributed by atoms with Gasteiger partial charge in [-0.3, -0.25) is 0 Å². The van der Waals surface area contributed by atoms with Crippen LogP contribution in [0.2, 0.25) is 0 Å². The molecule has 22 heavy (non-hydrogen) atoms. The maximum atomic E-state index is 11.5. The molecule has 1 heterocycles. The van der Waals surface area contributed by atoms with Crippen LogP contribution in [0.4, 0.5) is 0 Å². The normalized spacial score (nSPS) is 13.8. The molecule has 1 aromatic rings. The lowest BCUT2D eigenvalue weighted by Crippen LogP contribution is -2.38. The molecule has 0 radical (unpaired) electrons. The summed E-state index contributed by atoms with van der Waals surface area (Å²) in [4.78, 5) is 11.5. The Kier molecular flexibility index (Phi) is 5.78. The van der Waals surface area contributed by atoms with E-state index in [1.165, 1.54) is 0 Å². The molecule has 4 heteroatoms. The van der Waals surface area contributed by atoms with E-state index in [-0.39, 0.29) is 12.0 Å². The summed E-state index contributed by atoms with van der Waals surface area (Å²) in [7, 11) is 1.55. The molecule has 4 nitrogen and oxygen atoms in total. The van der Waals surface area contributed by atoms with Gasteiger partial charge in [-0.25, -0.2) is 4.79 Å². The van der Waals surface area contributed by atoms with Gasteiger partial charge in [0.25, 0.3) is 0 Å². The molecule has 0 N–H and O–H groups in total. The van der Waals surface area contributed by atoms with E-state index in [4.69, 9.17) is 13.6 Å². The highest BCUT2D eigenvalue weighted by Crippen LogP contribution is 2.47. The zero-order valence-electron chi connectivity index (χ0n) is 14.4. The first kappa shape index (κ1) is 18.2. The molecule has 0 aliphatic heterocycles. The molecular formula is C18H26O4. The third-order valence-corrected chi connectivity index (χ3v) is 4.46. The quantitative estimate of drug-likeness (QED) is 0.702. The van der Waals surface area contributed by atoms with Crippen LogP contribution in [-0.2, 0) is 16.8 Å². The monoisotopic (exact) mass is 306 g/mol. The predicted octanol–water partition coefficient (Wildman–Crippen LogP) is 4.37. The molecule has 0 aliphatic carbocycles. The zero-order valence-corrected chi connectivity index (χ0v) is 14.4. The SMILES string of the molecule is C=C/C(=C\C=C/C)C(C)(C)C(C)(C)c1oc(=O)oc1COC. The Hall–Kier alpha value is -1.81. The lowest BCUT2D eigenvalue weighted by Gasteiger charge is -2.41. The highest BCUT2D eigenvalue weighted by atomic mass is 16.6. The molecule has 0 saturated carbocycles. The van der Waals surface area contributed by atoms with Crippen LogP contribution in [0, 0.1) is 5.41 Å². The number of hydrogen-bond donors (Lipinski definition) is 0. The Morgan fingerprint density at radius 3 is 2.41 bits per heavy atom. The van der Waals surface area contributed by atoms with Crippen molar-refractivity contribution in [1.82, 2.24) is 0 Å².